The van der Waals surface area contributed by atoms with Gasteiger partial charge in [-0.25, -0.2) is 4.40 Å². The summed E-state index contributed by atoms with van der Waals surface area (Å²) in [5.74, 6) is 0.556. The van der Waals surface area contributed by atoms with Crippen LogP contribution >= 0.6 is 12.8 Å². The van der Waals surface area contributed by atoms with Crippen LogP contribution in [0.25, 0.3) is 0 Å². The van der Waals surface area contributed by atoms with E-state index in [4.69, 9.17) is 20.0 Å². The highest BCUT2D eigenvalue weighted by Crippen LogP contribution is 2.26. The second-order valence-corrected chi connectivity index (χ2v) is 14.0. The molecule has 2 rings (SSSR count). The number of nitrogens with zero attached hydrogens (tertiary/aromatic N) is 2. The van der Waals surface area contributed by atoms with Crippen molar-refractivity contribution in [1.82, 2.24) is 0 Å². The summed E-state index contributed by atoms with van der Waals surface area (Å²) >= 11 is 4.20. The van der Waals surface area contributed by atoms with E-state index in [1.807, 2.05) is 7.11 Å². The number of thiol groups is 1. The van der Waals surface area contributed by atoms with E-state index in [0.29, 0.717) is 18.2 Å². The fourth-order valence-corrected chi connectivity index (χ4v) is 7.02. The zero-order valence-corrected chi connectivity index (χ0v) is 32.3. The van der Waals surface area contributed by atoms with E-state index in [9.17, 15) is 4.79 Å². The Morgan fingerprint density at radius 3 is 1.89 bits per heavy atom. The van der Waals surface area contributed by atoms with E-state index in [1.165, 1.54) is 116 Å². The fraction of sp³-hybridized carbons (Fsp3) is 0.872. The highest BCUT2D eigenvalue weighted by Gasteiger charge is 2.37. The van der Waals surface area contributed by atoms with Crippen LogP contribution in [0.3, 0.4) is 0 Å². The van der Waals surface area contributed by atoms with Gasteiger partial charge in [-0.05, 0) is 38.5 Å². The van der Waals surface area contributed by atoms with Crippen molar-refractivity contribution in [2.45, 2.75) is 174 Å². The Bertz CT molecular complexity index is 816. The van der Waals surface area contributed by atoms with Crippen LogP contribution in [-0.4, -0.2) is 74.7 Å². The summed E-state index contributed by atoms with van der Waals surface area (Å²) in [5.41, 5.74) is 1.65. The van der Waals surface area contributed by atoms with Gasteiger partial charge in [0.15, 0.2) is 6.23 Å². The van der Waals surface area contributed by atoms with E-state index in [-0.39, 0.29) is 12.1 Å². The van der Waals surface area contributed by atoms with E-state index < -0.39 is 0 Å². The summed E-state index contributed by atoms with van der Waals surface area (Å²) in [5, 5.41) is 15.4. The number of carbonyl (C=O) groups is 1. The van der Waals surface area contributed by atoms with Crippen molar-refractivity contribution >= 4 is 30.7 Å². The highest BCUT2D eigenvalue weighted by molar-refractivity contribution is 7.79. The van der Waals surface area contributed by atoms with E-state index >= 15 is 0 Å². The molecule has 8 heteroatoms. The highest BCUT2D eigenvalue weighted by atomic mass is 32.1. The molecule has 0 aromatic rings. The molecule has 1 aliphatic carbocycles. The first-order chi connectivity index (χ1) is 22.9. The Morgan fingerprint density at radius 2 is 1.43 bits per heavy atom. The zero-order valence-electron chi connectivity index (χ0n) is 31.4. The molecule has 0 aromatic heterocycles. The van der Waals surface area contributed by atoms with Crippen LogP contribution in [0.2, 0.25) is 0 Å². The minimum atomic E-state index is 0.150. The first kappa shape index (κ1) is 45.8. The summed E-state index contributed by atoms with van der Waals surface area (Å²) in [6, 6.07) is 0. The molecule has 47 heavy (non-hydrogen) atoms. The molecule has 0 radical (unpaired) electrons. The Labute approximate surface area is 296 Å². The Morgan fingerprint density at radius 1 is 0.915 bits per heavy atom. The number of aliphatic hydroxyl groups excluding tert-OH is 1. The number of likely N-dealkylation sites (N-methyl/N-ethyl adjacent to an activating group) is 1. The molecule has 7 nitrogen and oxygen atoms in total. The number of carbonyl (C=O) groups excluding carboxylic acids is 1. The lowest BCUT2D eigenvalue weighted by atomic mass is 9.91. The molecule has 0 saturated heterocycles. The van der Waals surface area contributed by atoms with Crippen molar-refractivity contribution in [3.8, 4) is 0 Å². The van der Waals surface area contributed by atoms with Crippen molar-refractivity contribution in [2.75, 3.05) is 41.0 Å². The number of rotatable bonds is 24. The third-order valence-electron chi connectivity index (χ3n) is 9.79. The third kappa shape index (κ3) is 22.2. The SMILES string of the molecule is CCCCCCCCCCCCCCCC(OC)[N+]1(C)CCC=C(/C(=N/S)C(=N)OCCCCCC)C1.CO.O=CC1CCCCC1. The number of unbranched alkanes of at least 4 members (excludes halogenated alkanes) is 15. The van der Waals surface area contributed by atoms with E-state index in [0.717, 1.165) is 75.1 Å². The second kappa shape index (κ2) is 32.0. The molecule has 1 heterocycles. The van der Waals surface area contributed by atoms with Crippen LogP contribution in [0.5, 0.6) is 0 Å². The van der Waals surface area contributed by atoms with Crippen molar-refractivity contribution in [2.24, 2.45) is 10.3 Å². The monoisotopic (exact) mass is 683 g/mol. The summed E-state index contributed by atoms with van der Waals surface area (Å²) in [4.78, 5) is 10.2. The van der Waals surface area contributed by atoms with Crippen molar-refractivity contribution in [3.05, 3.63) is 11.6 Å². The molecule has 1 aliphatic heterocycles. The normalized spacial score (nSPS) is 19.0. The maximum atomic E-state index is 10.2. The minimum absolute atomic E-state index is 0.150. The van der Waals surface area contributed by atoms with Crippen molar-refractivity contribution < 1.29 is 23.9 Å². The lowest BCUT2D eigenvalue weighted by Gasteiger charge is -2.43. The number of methoxy groups -OCH3 is 1. The van der Waals surface area contributed by atoms with Crippen LogP contribution < -0.4 is 0 Å². The van der Waals surface area contributed by atoms with Crippen LogP contribution in [0.15, 0.2) is 16.0 Å². The lowest BCUT2D eigenvalue weighted by Crippen LogP contribution is -2.56. The van der Waals surface area contributed by atoms with Gasteiger partial charge < -0.3 is 19.4 Å². The standard InChI is InChI=1S/C31H59N3O2S.C7H12O.CH4O/c1-5-7-9-11-12-13-14-15-16-17-18-19-20-24-29(35-4)34(3)25-22-23-28(27-34)30(33-37)31(32)36-26-21-10-8-6-2;8-6-7-4-2-1-3-5-7;1-2/h23,29,32H,5-22,24-27H2,1-4H3;6-7H,1-5H2;2H,1H3/p+1/b32-31?,33-30-;;. The zero-order chi connectivity index (χ0) is 35.0. The molecule has 0 aromatic carbocycles. The molecule has 276 valence electrons. The van der Waals surface area contributed by atoms with Gasteiger partial charge in [0.1, 0.15) is 18.5 Å². The molecule has 1 saturated carbocycles. The second-order valence-electron chi connectivity index (χ2n) is 13.8. The number of hydrogen-bond donors (Lipinski definition) is 3. The van der Waals surface area contributed by atoms with Gasteiger partial charge in [-0.3, -0.25) is 9.89 Å². The average Bonchev–Trinajstić information content (AvgIpc) is 3.10. The molecule has 2 unspecified atom stereocenters. The third-order valence-corrected chi connectivity index (χ3v) is 9.99. The molecule has 2 N–H and O–H groups in total. The summed E-state index contributed by atoms with van der Waals surface area (Å²) in [6.07, 6.45) is 34.1. The maximum absolute atomic E-state index is 10.2. The Hall–Kier alpha value is -1.22. The van der Waals surface area contributed by atoms with E-state index in [1.54, 1.807) is 0 Å². The Balaban J connectivity index is 0.00000181. The summed E-state index contributed by atoms with van der Waals surface area (Å²) < 4.78 is 16.7. The smallest absolute Gasteiger partial charge is 0.233 e. The van der Waals surface area contributed by atoms with Crippen LogP contribution in [-0.2, 0) is 14.3 Å². The number of aliphatic hydroxyl groups is 1. The molecular formula is C39H76N3O4S+. The van der Waals surface area contributed by atoms with E-state index in [2.05, 4.69) is 44.2 Å². The molecule has 2 aliphatic rings. The first-order valence-electron chi connectivity index (χ1n) is 19.4. The number of hydrogen-bond acceptors (Lipinski definition) is 7. The van der Waals surface area contributed by atoms with Crippen LogP contribution in [0, 0.1) is 11.3 Å². The minimum Gasteiger partial charge on any atom is -0.477 e. The van der Waals surface area contributed by atoms with Gasteiger partial charge in [0.2, 0.25) is 5.90 Å². The Kier molecular flexibility index (Phi) is 31.2. The molecule has 0 bridgehead atoms. The summed E-state index contributed by atoms with van der Waals surface area (Å²) in [6.45, 7) is 6.91. The molecule has 0 spiro atoms. The van der Waals surface area contributed by atoms with Gasteiger partial charge >= 0.3 is 0 Å². The number of nitrogens with one attached hydrogen (secondary N) is 1. The maximum Gasteiger partial charge on any atom is 0.233 e. The average molecular weight is 683 g/mol. The van der Waals surface area contributed by atoms with Gasteiger partial charge in [-0.15, -0.1) is 0 Å². The quantitative estimate of drug-likeness (QED) is 0.0236. The van der Waals surface area contributed by atoms with Gasteiger partial charge in [0.05, 0.1) is 20.2 Å². The van der Waals surface area contributed by atoms with Gasteiger partial charge in [-0.2, -0.15) is 0 Å². The fourth-order valence-electron chi connectivity index (χ4n) is 6.80. The molecule has 0 amide bonds. The number of quaternary nitrogens is 1. The predicted octanol–water partition coefficient (Wildman–Crippen LogP) is 10.5. The van der Waals surface area contributed by atoms with Gasteiger partial charge in [0.25, 0.3) is 0 Å². The molecule has 2 atom stereocenters. The lowest BCUT2D eigenvalue weighted by molar-refractivity contribution is -0.951. The molecule has 1 fully saturated rings. The predicted molar refractivity (Wildman–Crippen MR) is 205 cm³/mol. The topological polar surface area (TPSA) is 92.0 Å². The number of aldehydes is 1. The number of ether oxygens (including phenoxy) is 2. The van der Waals surface area contributed by atoms with Crippen molar-refractivity contribution in [3.63, 3.8) is 0 Å². The largest absolute Gasteiger partial charge is 0.477 e. The van der Waals surface area contributed by atoms with Crippen LogP contribution in [0.4, 0.5) is 0 Å². The van der Waals surface area contributed by atoms with Gasteiger partial charge in [0, 0.05) is 38.6 Å². The first-order valence-corrected chi connectivity index (χ1v) is 19.8. The van der Waals surface area contributed by atoms with Crippen LogP contribution in [0.1, 0.15) is 168 Å². The molecular weight excluding hydrogens is 607 g/mol. The van der Waals surface area contributed by atoms with Crippen molar-refractivity contribution in [1.29, 1.82) is 5.41 Å². The van der Waals surface area contributed by atoms with Gasteiger partial charge in [-0.1, -0.05) is 135 Å². The summed E-state index contributed by atoms with van der Waals surface area (Å²) in [7, 11) is 5.14.